The molecule has 5 rings (SSSR count). The molecule has 2 aromatic heterocycles. The van der Waals surface area contributed by atoms with E-state index in [-0.39, 0.29) is 18.4 Å². The summed E-state index contributed by atoms with van der Waals surface area (Å²) in [5.74, 6) is -2.23. The molecule has 0 radical (unpaired) electrons. The van der Waals surface area contributed by atoms with E-state index in [1.807, 2.05) is 0 Å². The van der Waals surface area contributed by atoms with Gasteiger partial charge in [-0.25, -0.2) is 4.98 Å². The third-order valence-corrected chi connectivity index (χ3v) is 6.68. The summed E-state index contributed by atoms with van der Waals surface area (Å²) in [6.45, 7) is 0.322. The summed E-state index contributed by atoms with van der Waals surface area (Å²) >= 11 is 0. The predicted molar refractivity (Wildman–Crippen MR) is 123 cm³/mol. The highest BCUT2D eigenvalue weighted by molar-refractivity contribution is 5.85. The summed E-state index contributed by atoms with van der Waals surface area (Å²) in [6, 6.07) is 5.74. The number of hydrogen-bond donors (Lipinski definition) is 2. The highest BCUT2D eigenvalue weighted by Crippen LogP contribution is 2.46. The SMILES string of the molecule is Cl.Nc1cc(C(F)(F)F)c2nc1-c1nnc(o1)C(O)(C(F)(F)F)c1cccc(c1)CCC[C@@H]1CCCN21. The molecular formula is C23H22ClF6N5O2. The van der Waals surface area contributed by atoms with Crippen LogP contribution in [0.15, 0.2) is 34.7 Å². The third-order valence-electron chi connectivity index (χ3n) is 6.68. The normalized spacial score (nSPS) is 22.0. The molecule has 1 unspecified atom stereocenters. The van der Waals surface area contributed by atoms with Crippen LogP contribution in [0.4, 0.5) is 37.8 Å². The lowest BCUT2D eigenvalue weighted by atomic mass is 9.90. The van der Waals surface area contributed by atoms with Crippen LogP contribution in [-0.4, -0.2) is 39.1 Å². The fraction of sp³-hybridized carbons (Fsp3) is 0.435. The molecule has 4 heterocycles. The molecule has 1 aromatic carbocycles. The van der Waals surface area contributed by atoms with E-state index in [0.29, 0.717) is 50.3 Å². The van der Waals surface area contributed by atoms with Crippen LogP contribution < -0.4 is 10.6 Å². The van der Waals surface area contributed by atoms with E-state index in [4.69, 9.17) is 10.2 Å². The van der Waals surface area contributed by atoms with Gasteiger partial charge in [0.2, 0.25) is 0 Å². The summed E-state index contributed by atoms with van der Waals surface area (Å²) in [7, 11) is 0. The van der Waals surface area contributed by atoms with Crippen LogP contribution in [0.1, 0.15) is 48.3 Å². The molecule has 2 atom stereocenters. The molecule has 0 aliphatic carbocycles. The first-order chi connectivity index (χ1) is 16.9. The zero-order valence-corrected chi connectivity index (χ0v) is 19.9. The Kier molecular flexibility index (Phi) is 6.82. The number of hydrogen-bond acceptors (Lipinski definition) is 7. The maximum atomic E-state index is 14.2. The van der Waals surface area contributed by atoms with Gasteiger partial charge in [0.05, 0.1) is 5.69 Å². The Morgan fingerprint density at radius 3 is 2.49 bits per heavy atom. The summed E-state index contributed by atoms with van der Waals surface area (Å²) < 4.78 is 89.7. The van der Waals surface area contributed by atoms with Gasteiger partial charge in [0, 0.05) is 18.2 Å². The maximum absolute atomic E-state index is 14.2. The number of aromatic nitrogens is 3. The number of alkyl halides is 6. The highest BCUT2D eigenvalue weighted by atomic mass is 35.5. The molecule has 0 amide bonds. The molecule has 3 aromatic rings. The van der Waals surface area contributed by atoms with Crippen molar-refractivity contribution < 1.29 is 35.9 Å². The first-order valence-corrected chi connectivity index (χ1v) is 11.3. The van der Waals surface area contributed by atoms with Gasteiger partial charge in [0.25, 0.3) is 17.4 Å². The first kappa shape index (κ1) is 27.0. The van der Waals surface area contributed by atoms with Gasteiger partial charge in [-0.15, -0.1) is 22.6 Å². The first-order valence-electron chi connectivity index (χ1n) is 11.3. The number of aliphatic hydroxyl groups is 1. The number of aryl methyl sites for hydroxylation is 1. The number of anilines is 2. The lowest BCUT2D eigenvalue weighted by Crippen LogP contribution is -2.43. The Morgan fingerprint density at radius 1 is 1.05 bits per heavy atom. The molecule has 0 spiro atoms. The number of nitrogens with zero attached hydrogens (tertiary/aromatic N) is 4. The number of nitrogen functional groups attached to an aromatic ring is 1. The lowest BCUT2D eigenvalue weighted by Gasteiger charge is -2.29. The minimum Gasteiger partial charge on any atom is -0.415 e. The number of halogens is 7. The van der Waals surface area contributed by atoms with Crippen molar-refractivity contribution >= 4 is 23.9 Å². The number of fused-ring (bicyclic) bond motifs is 9. The van der Waals surface area contributed by atoms with Crippen molar-refractivity contribution in [3.05, 3.63) is 52.9 Å². The minimum atomic E-state index is -5.25. The molecule has 3 N–H and O–H groups in total. The van der Waals surface area contributed by atoms with Gasteiger partial charge in [0.15, 0.2) is 5.69 Å². The zero-order valence-electron chi connectivity index (χ0n) is 19.1. The summed E-state index contributed by atoms with van der Waals surface area (Å²) in [5, 5.41) is 17.9. The fourth-order valence-electron chi connectivity index (χ4n) is 4.90. The second kappa shape index (κ2) is 9.35. The van der Waals surface area contributed by atoms with Gasteiger partial charge in [0.1, 0.15) is 11.4 Å². The summed E-state index contributed by atoms with van der Waals surface area (Å²) in [6.07, 6.45) is -7.39. The molecule has 37 heavy (non-hydrogen) atoms. The molecule has 7 nitrogen and oxygen atoms in total. The molecule has 14 heteroatoms. The number of benzene rings is 1. The van der Waals surface area contributed by atoms with E-state index in [1.165, 1.54) is 12.1 Å². The quantitative estimate of drug-likeness (QED) is 0.369. The van der Waals surface area contributed by atoms with E-state index in [2.05, 4.69) is 15.2 Å². The topological polar surface area (TPSA) is 101 Å². The average Bonchev–Trinajstić information content (AvgIpc) is 3.47. The van der Waals surface area contributed by atoms with Crippen LogP contribution in [-0.2, 0) is 18.2 Å². The number of pyridine rings is 1. The lowest BCUT2D eigenvalue weighted by molar-refractivity contribution is -0.255. The molecular weight excluding hydrogens is 528 g/mol. The number of nitrogens with two attached hydrogens (primary N) is 1. The fourth-order valence-corrected chi connectivity index (χ4v) is 4.90. The number of rotatable bonds is 0. The Morgan fingerprint density at radius 2 is 1.78 bits per heavy atom. The highest BCUT2D eigenvalue weighted by Gasteiger charge is 2.60. The van der Waals surface area contributed by atoms with Crippen LogP contribution in [0.25, 0.3) is 11.6 Å². The standard InChI is InChI=1S/C23H21F6N5O2.ClH/c24-22(25,26)15-11-16(30)17-19-32-33-20(36-19)21(35,23(27,28)29)13-6-1-4-12(10-13)5-2-7-14-8-3-9-34(14)18(15)31-17;/h1,4,6,10-11,14,35H,2-3,5,7-9,30H2;1H/t14-,21?;/m1./s1. The van der Waals surface area contributed by atoms with Crippen LogP contribution in [0.3, 0.4) is 0 Å². The van der Waals surface area contributed by atoms with Crippen LogP contribution >= 0.6 is 12.4 Å². The van der Waals surface area contributed by atoms with Gasteiger partial charge in [-0.05, 0) is 43.7 Å². The van der Waals surface area contributed by atoms with Gasteiger partial charge in [-0.3, -0.25) is 0 Å². The Labute approximate surface area is 213 Å². The monoisotopic (exact) mass is 549 g/mol. The van der Waals surface area contributed by atoms with E-state index >= 15 is 0 Å². The smallest absolute Gasteiger partial charge is 0.415 e. The van der Waals surface area contributed by atoms with Crippen molar-refractivity contribution in [1.82, 2.24) is 15.2 Å². The summed E-state index contributed by atoms with van der Waals surface area (Å²) in [5.41, 5.74) is 0.237. The van der Waals surface area contributed by atoms with Crippen molar-refractivity contribution in [2.24, 2.45) is 0 Å². The van der Waals surface area contributed by atoms with Crippen molar-refractivity contribution in [3.8, 4) is 11.6 Å². The Bertz CT molecular complexity index is 1300. The third kappa shape index (κ3) is 4.58. The van der Waals surface area contributed by atoms with Gasteiger partial charge in [-0.1, -0.05) is 24.3 Å². The Balaban J connectivity index is 0.00000320. The molecule has 1 fully saturated rings. The largest absolute Gasteiger partial charge is 0.430 e. The van der Waals surface area contributed by atoms with E-state index in [9.17, 15) is 31.4 Å². The molecule has 1 saturated heterocycles. The summed E-state index contributed by atoms with van der Waals surface area (Å²) in [4.78, 5) is 5.66. The van der Waals surface area contributed by atoms with Crippen LogP contribution in [0.5, 0.6) is 0 Å². The maximum Gasteiger partial charge on any atom is 0.430 e. The van der Waals surface area contributed by atoms with Crippen molar-refractivity contribution in [2.45, 2.75) is 56.1 Å². The van der Waals surface area contributed by atoms with Gasteiger partial charge >= 0.3 is 12.4 Å². The molecule has 2 aliphatic heterocycles. The average molecular weight is 550 g/mol. The van der Waals surface area contributed by atoms with E-state index in [0.717, 1.165) is 6.07 Å². The molecule has 200 valence electrons. The minimum absolute atomic E-state index is 0. The second-order valence-corrected chi connectivity index (χ2v) is 9.00. The van der Waals surface area contributed by atoms with Crippen molar-refractivity contribution in [3.63, 3.8) is 0 Å². The van der Waals surface area contributed by atoms with E-state index < -0.39 is 58.1 Å². The molecule has 2 aliphatic rings. The van der Waals surface area contributed by atoms with Crippen molar-refractivity contribution in [2.75, 3.05) is 17.2 Å². The van der Waals surface area contributed by atoms with Crippen LogP contribution in [0.2, 0.25) is 0 Å². The molecule has 0 saturated carbocycles. The van der Waals surface area contributed by atoms with E-state index in [1.54, 1.807) is 11.0 Å². The van der Waals surface area contributed by atoms with Gasteiger partial charge < -0.3 is 20.2 Å². The van der Waals surface area contributed by atoms with Crippen LogP contribution in [0, 0.1) is 0 Å². The Hall–Kier alpha value is -3.06. The molecule has 6 bridgehead atoms. The second-order valence-electron chi connectivity index (χ2n) is 9.00. The van der Waals surface area contributed by atoms with Gasteiger partial charge in [-0.2, -0.15) is 26.3 Å². The zero-order chi connectivity index (χ0) is 25.9. The predicted octanol–water partition coefficient (Wildman–Crippen LogP) is 5.26. The van der Waals surface area contributed by atoms with Crippen molar-refractivity contribution in [1.29, 1.82) is 0 Å².